The van der Waals surface area contributed by atoms with Gasteiger partial charge in [-0.3, -0.25) is 0 Å². The average molecular weight is 379 g/mol. The summed E-state index contributed by atoms with van der Waals surface area (Å²) in [6.07, 6.45) is -1.99. The maximum absolute atomic E-state index is 12.3. The molecule has 0 aliphatic heterocycles. The van der Waals surface area contributed by atoms with Crippen LogP contribution < -0.4 is 15.8 Å². The molecule has 0 unspecified atom stereocenters. The van der Waals surface area contributed by atoms with E-state index in [9.17, 15) is 13.2 Å². The van der Waals surface area contributed by atoms with E-state index in [-0.39, 0.29) is 11.2 Å². The van der Waals surface area contributed by atoms with Crippen LogP contribution in [0.3, 0.4) is 0 Å². The van der Waals surface area contributed by atoms with E-state index in [0.717, 1.165) is 16.8 Å². The maximum atomic E-state index is 12.3. The predicted molar refractivity (Wildman–Crippen MR) is 103 cm³/mol. The van der Waals surface area contributed by atoms with Crippen molar-refractivity contribution in [3.05, 3.63) is 53.6 Å². The van der Waals surface area contributed by atoms with E-state index in [1.807, 2.05) is 32.0 Å². The summed E-state index contributed by atoms with van der Waals surface area (Å²) < 4.78 is 40.8. The van der Waals surface area contributed by atoms with E-state index in [0.29, 0.717) is 25.1 Å². The number of nitrogens with two attached hydrogens (primary N) is 1. The Balaban J connectivity index is 2.09. The molecule has 0 saturated heterocycles. The van der Waals surface area contributed by atoms with Crippen LogP contribution >= 0.6 is 0 Å². The van der Waals surface area contributed by atoms with Crippen molar-refractivity contribution >= 4 is 17.6 Å². The van der Waals surface area contributed by atoms with Gasteiger partial charge in [-0.25, -0.2) is 0 Å². The van der Waals surface area contributed by atoms with Gasteiger partial charge in [0.25, 0.3) is 0 Å². The van der Waals surface area contributed by atoms with E-state index in [4.69, 9.17) is 11.1 Å². The fourth-order valence-electron chi connectivity index (χ4n) is 2.75. The van der Waals surface area contributed by atoms with Crippen LogP contribution in [0.1, 0.15) is 31.4 Å². The quantitative estimate of drug-likeness (QED) is 0.439. The van der Waals surface area contributed by atoms with Crippen LogP contribution in [0.5, 0.6) is 5.75 Å². The van der Waals surface area contributed by atoms with Crippen LogP contribution in [-0.2, 0) is 11.8 Å². The smallest absolute Gasteiger partial charge is 0.406 e. The monoisotopic (exact) mass is 379 g/mol. The van der Waals surface area contributed by atoms with Crippen LogP contribution in [0, 0.1) is 5.41 Å². The zero-order chi connectivity index (χ0) is 20.1. The molecular weight excluding hydrogens is 355 g/mol. The second kappa shape index (κ2) is 8.33. The highest BCUT2D eigenvalue weighted by Crippen LogP contribution is 2.29. The van der Waals surface area contributed by atoms with Gasteiger partial charge in [-0.15, -0.1) is 13.2 Å². The number of hydrogen-bond donors (Lipinski definition) is 3. The molecule has 0 fully saturated rings. The molecule has 0 aromatic heterocycles. The topological polar surface area (TPSA) is 71.1 Å². The third-order valence-electron chi connectivity index (χ3n) is 4.28. The Morgan fingerprint density at radius 1 is 1.11 bits per heavy atom. The summed E-state index contributed by atoms with van der Waals surface area (Å²) in [5, 5.41) is 10.6. The van der Waals surface area contributed by atoms with Crippen molar-refractivity contribution in [3.8, 4) is 5.75 Å². The molecule has 2 aromatic carbocycles. The lowest BCUT2D eigenvalue weighted by Gasteiger charge is -2.27. The summed E-state index contributed by atoms with van der Waals surface area (Å²) in [6.45, 7) is 4.59. The lowest BCUT2D eigenvalue weighted by atomic mass is 9.84. The van der Waals surface area contributed by atoms with Gasteiger partial charge in [0.15, 0.2) is 0 Å². The molecule has 0 heterocycles. The Kier molecular flexibility index (Phi) is 6.36. The standard InChI is InChI=1S/C20H24F3N3O/c1-19(2,15-5-8-17(9-6-15)27-20(21,22)23)13-26-18-10-7-16(25)12-14(18)4-3-11-24/h5-12,24,26H,3-4,13,25H2,1-2H3. The number of alkyl halides is 3. The molecule has 2 rings (SSSR count). The molecule has 0 bridgehead atoms. The third-order valence-corrected chi connectivity index (χ3v) is 4.28. The first-order valence-electron chi connectivity index (χ1n) is 8.58. The molecule has 4 nitrogen and oxygen atoms in total. The minimum absolute atomic E-state index is 0.234. The van der Waals surface area contributed by atoms with Gasteiger partial charge in [0, 0.05) is 23.3 Å². The van der Waals surface area contributed by atoms with Crippen molar-refractivity contribution in [2.75, 3.05) is 17.6 Å². The fourth-order valence-corrected chi connectivity index (χ4v) is 2.75. The van der Waals surface area contributed by atoms with Crippen molar-refractivity contribution < 1.29 is 17.9 Å². The summed E-state index contributed by atoms with van der Waals surface area (Å²) in [6, 6.07) is 11.5. The van der Waals surface area contributed by atoms with Crippen molar-refractivity contribution in [1.29, 1.82) is 5.41 Å². The van der Waals surface area contributed by atoms with Crippen molar-refractivity contribution in [2.24, 2.45) is 0 Å². The largest absolute Gasteiger partial charge is 0.573 e. The summed E-state index contributed by atoms with van der Waals surface area (Å²) in [4.78, 5) is 0. The van der Waals surface area contributed by atoms with E-state index in [1.165, 1.54) is 18.3 Å². The number of aryl methyl sites for hydroxylation is 1. The number of halogens is 3. The first kappa shape index (κ1) is 20.6. The fraction of sp³-hybridized carbons (Fsp3) is 0.350. The van der Waals surface area contributed by atoms with E-state index in [2.05, 4.69) is 10.1 Å². The van der Waals surface area contributed by atoms with Crippen molar-refractivity contribution in [3.63, 3.8) is 0 Å². The van der Waals surface area contributed by atoms with Gasteiger partial charge in [0.05, 0.1) is 0 Å². The Morgan fingerprint density at radius 2 is 1.78 bits per heavy atom. The SMILES string of the molecule is CC(C)(CNc1ccc(N)cc1CCC=N)c1ccc(OC(F)(F)F)cc1. The molecule has 4 N–H and O–H groups in total. The highest BCUT2D eigenvalue weighted by molar-refractivity contribution is 5.61. The first-order valence-corrected chi connectivity index (χ1v) is 8.58. The normalized spacial score (nSPS) is 11.9. The summed E-state index contributed by atoms with van der Waals surface area (Å²) in [5.74, 6) is -0.234. The number of anilines is 2. The Morgan fingerprint density at radius 3 is 2.37 bits per heavy atom. The van der Waals surface area contributed by atoms with E-state index < -0.39 is 6.36 Å². The lowest BCUT2D eigenvalue weighted by molar-refractivity contribution is -0.274. The molecule has 0 radical (unpaired) electrons. The minimum atomic E-state index is -4.69. The van der Waals surface area contributed by atoms with Gasteiger partial charge < -0.3 is 21.2 Å². The third kappa shape index (κ3) is 6.20. The zero-order valence-corrected chi connectivity index (χ0v) is 15.4. The van der Waals surface area contributed by atoms with Gasteiger partial charge in [-0.2, -0.15) is 0 Å². The maximum Gasteiger partial charge on any atom is 0.573 e. The number of hydrogen-bond acceptors (Lipinski definition) is 4. The number of nitrogens with one attached hydrogen (secondary N) is 2. The minimum Gasteiger partial charge on any atom is -0.406 e. The van der Waals surface area contributed by atoms with Crippen LogP contribution in [0.25, 0.3) is 0 Å². The van der Waals surface area contributed by atoms with Gasteiger partial charge in [-0.1, -0.05) is 26.0 Å². The second-order valence-electron chi connectivity index (χ2n) is 6.97. The number of ether oxygens (including phenoxy) is 1. The molecule has 27 heavy (non-hydrogen) atoms. The summed E-state index contributed by atoms with van der Waals surface area (Å²) in [7, 11) is 0. The number of benzene rings is 2. The summed E-state index contributed by atoms with van der Waals surface area (Å²) in [5.41, 5.74) is 9.06. The predicted octanol–water partition coefficient (Wildman–Crippen LogP) is 5.14. The molecule has 0 spiro atoms. The second-order valence-corrected chi connectivity index (χ2v) is 6.97. The molecule has 0 aliphatic carbocycles. The molecule has 0 amide bonds. The Labute approximate surface area is 157 Å². The molecule has 2 aromatic rings. The van der Waals surface area contributed by atoms with E-state index >= 15 is 0 Å². The lowest BCUT2D eigenvalue weighted by Crippen LogP contribution is -2.28. The number of nitrogen functional groups attached to an aromatic ring is 1. The molecule has 7 heteroatoms. The van der Waals surface area contributed by atoms with Gasteiger partial charge in [-0.05, 0) is 60.5 Å². The molecule has 0 saturated carbocycles. The van der Waals surface area contributed by atoms with Crippen molar-refractivity contribution in [2.45, 2.75) is 38.5 Å². The van der Waals surface area contributed by atoms with Crippen LogP contribution in [-0.4, -0.2) is 19.1 Å². The van der Waals surface area contributed by atoms with Crippen molar-refractivity contribution in [1.82, 2.24) is 0 Å². The van der Waals surface area contributed by atoms with Gasteiger partial charge >= 0.3 is 6.36 Å². The van der Waals surface area contributed by atoms with Gasteiger partial charge in [0.2, 0.25) is 0 Å². The summed E-state index contributed by atoms with van der Waals surface area (Å²) >= 11 is 0. The molecular formula is C20H24F3N3O. The van der Waals surface area contributed by atoms with Crippen LogP contribution in [0.2, 0.25) is 0 Å². The highest BCUT2D eigenvalue weighted by Gasteiger charge is 2.31. The average Bonchev–Trinajstić information content (AvgIpc) is 2.58. The zero-order valence-electron chi connectivity index (χ0n) is 15.4. The van der Waals surface area contributed by atoms with Crippen LogP contribution in [0.4, 0.5) is 24.5 Å². The highest BCUT2D eigenvalue weighted by atomic mass is 19.4. The first-order chi connectivity index (χ1) is 12.6. The number of rotatable bonds is 8. The van der Waals surface area contributed by atoms with Gasteiger partial charge in [0.1, 0.15) is 5.75 Å². The van der Waals surface area contributed by atoms with Crippen LogP contribution in [0.15, 0.2) is 42.5 Å². The molecule has 146 valence electrons. The van der Waals surface area contributed by atoms with E-state index in [1.54, 1.807) is 12.1 Å². The molecule has 0 atom stereocenters. The Bertz CT molecular complexity index is 771. The Hall–Kier alpha value is -2.70. The molecule has 0 aliphatic rings.